The van der Waals surface area contributed by atoms with Crippen LogP contribution in [0.25, 0.3) is 0 Å². The van der Waals surface area contributed by atoms with E-state index in [0.29, 0.717) is 12.7 Å². The molecule has 21 heavy (non-hydrogen) atoms. The number of benzene rings is 1. The van der Waals surface area contributed by atoms with Gasteiger partial charge in [0.2, 0.25) is 0 Å². The zero-order valence-electron chi connectivity index (χ0n) is 13.8. The first-order valence-electron chi connectivity index (χ1n) is 8.12. The molecule has 2 rings (SSSR count). The summed E-state index contributed by atoms with van der Waals surface area (Å²) in [5, 5.41) is 0. The van der Waals surface area contributed by atoms with E-state index in [1.54, 1.807) is 0 Å². The number of rotatable bonds is 8. The molecule has 0 aromatic heterocycles. The Hall–Kier alpha value is -1.28. The Morgan fingerprint density at radius 2 is 2.19 bits per heavy atom. The standard InChI is InChI=1S/C19H28O2/c1-5-16-8-7-9-17(14-16)20-13-12-15(3)10-11-18-19(4,6-2)21-18/h7-9,12,14,18H,5-6,10-11,13H2,1-4H3. The first-order chi connectivity index (χ1) is 10.1. The molecule has 0 saturated carbocycles. The van der Waals surface area contributed by atoms with E-state index in [4.69, 9.17) is 9.47 Å². The summed E-state index contributed by atoms with van der Waals surface area (Å²) < 4.78 is 11.5. The van der Waals surface area contributed by atoms with Crippen LogP contribution in [0.15, 0.2) is 35.9 Å². The van der Waals surface area contributed by atoms with Gasteiger partial charge >= 0.3 is 0 Å². The van der Waals surface area contributed by atoms with Crippen molar-refractivity contribution in [2.45, 2.75) is 65.1 Å². The zero-order valence-corrected chi connectivity index (χ0v) is 13.8. The van der Waals surface area contributed by atoms with Crippen LogP contribution in [0, 0.1) is 0 Å². The van der Waals surface area contributed by atoms with Crippen molar-refractivity contribution in [1.29, 1.82) is 0 Å². The third kappa shape index (κ3) is 4.60. The number of epoxide rings is 1. The second-order valence-corrected chi connectivity index (χ2v) is 6.17. The average molecular weight is 288 g/mol. The number of hydrogen-bond donors (Lipinski definition) is 0. The van der Waals surface area contributed by atoms with E-state index >= 15 is 0 Å². The van der Waals surface area contributed by atoms with Crippen LogP contribution in [-0.4, -0.2) is 18.3 Å². The lowest BCUT2D eigenvalue weighted by Crippen LogP contribution is -2.07. The summed E-state index contributed by atoms with van der Waals surface area (Å²) in [6, 6.07) is 8.33. The third-order valence-corrected chi connectivity index (χ3v) is 4.53. The van der Waals surface area contributed by atoms with Crippen molar-refractivity contribution >= 4 is 0 Å². The number of allylic oxidation sites excluding steroid dienone is 1. The van der Waals surface area contributed by atoms with Crippen LogP contribution in [0.1, 0.15) is 52.5 Å². The number of ether oxygens (including phenoxy) is 2. The van der Waals surface area contributed by atoms with E-state index in [2.05, 4.69) is 52.0 Å². The van der Waals surface area contributed by atoms with E-state index in [9.17, 15) is 0 Å². The Kier molecular flexibility index (Phi) is 5.46. The van der Waals surface area contributed by atoms with Gasteiger partial charge in [-0.2, -0.15) is 0 Å². The Morgan fingerprint density at radius 3 is 2.86 bits per heavy atom. The fourth-order valence-corrected chi connectivity index (χ4v) is 2.56. The van der Waals surface area contributed by atoms with Crippen LogP contribution in [-0.2, 0) is 11.2 Å². The van der Waals surface area contributed by atoms with E-state index in [0.717, 1.165) is 31.4 Å². The van der Waals surface area contributed by atoms with Crippen molar-refractivity contribution < 1.29 is 9.47 Å². The molecule has 0 bridgehead atoms. The summed E-state index contributed by atoms with van der Waals surface area (Å²) in [4.78, 5) is 0. The lowest BCUT2D eigenvalue weighted by Gasteiger charge is -2.06. The van der Waals surface area contributed by atoms with Gasteiger partial charge in [-0.15, -0.1) is 0 Å². The summed E-state index contributed by atoms with van der Waals surface area (Å²) in [6.45, 7) is 9.39. The first kappa shape index (κ1) is 16.1. The van der Waals surface area contributed by atoms with Crippen molar-refractivity contribution in [3.63, 3.8) is 0 Å². The summed E-state index contributed by atoms with van der Waals surface area (Å²) in [5.41, 5.74) is 2.85. The predicted octanol–water partition coefficient (Wildman–Crippen LogP) is 4.92. The zero-order chi connectivity index (χ0) is 15.3. The smallest absolute Gasteiger partial charge is 0.120 e. The van der Waals surface area contributed by atoms with Gasteiger partial charge in [0, 0.05) is 0 Å². The lowest BCUT2D eigenvalue weighted by atomic mass is 9.99. The molecule has 1 heterocycles. The van der Waals surface area contributed by atoms with Crippen molar-refractivity contribution in [1.82, 2.24) is 0 Å². The predicted molar refractivity (Wildman–Crippen MR) is 87.9 cm³/mol. The van der Waals surface area contributed by atoms with Crippen LogP contribution >= 0.6 is 0 Å². The van der Waals surface area contributed by atoms with Crippen molar-refractivity contribution in [2.75, 3.05) is 6.61 Å². The highest BCUT2D eigenvalue weighted by atomic mass is 16.6. The second kappa shape index (κ2) is 7.13. The van der Waals surface area contributed by atoms with Gasteiger partial charge in [0.25, 0.3) is 0 Å². The molecule has 1 aliphatic rings. The summed E-state index contributed by atoms with van der Waals surface area (Å²) >= 11 is 0. The molecule has 0 amide bonds. The minimum Gasteiger partial charge on any atom is -0.490 e. The maximum Gasteiger partial charge on any atom is 0.120 e. The van der Waals surface area contributed by atoms with Crippen molar-refractivity contribution in [2.24, 2.45) is 0 Å². The van der Waals surface area contributed by atoms with Crippen LogP contribution in [0.3, 0.4) is 0 Å². The highest BCUT2D eigenvalue weighted by Crippen LogP contribution is 2.42. The molecular formula is C19H28O2. The van der Waals surface area contributed by atoms with Crippen LogP contribution < -0.4 is 4.74 Å². The van der Waals surface area contributed by atoms with E-state index < -0.39 is 0 Å². The SMILES string of the molecule is CCc1cccc(OCC=C(C)CCC2OC2(C)CC)c1. The van der Waals surface area contributed by atoms with Crippen molar-refractivity contribution in [3.05, 3.63) is 41.5 Å². The van der Waals surface area contributed by atoms with Crippen LogP contribution in [0.5, 0.6) is 5.75 Å². The molecule has 0 spiro atoms. The summed E-state index contributed by atoms with van der Waals surface area (Å²) in [5.74, 6) is 0.961. The van der Waals surface area contributed by atoms with Gasteiger partial charge in [0.05, 0.1) is 11.7 Å². The van der Waals surface area contributed by atoms with Crippen LogP contribution in [0.4, 0.5) is 0 Å². The molecule has 0 aliphatic carbocycles. The molecule has 2 heteroatoms. The molecule has 0 radical (unpaired) electrons. The monoisotopic (exact) mass is 288 g/mol. The third-order valence-electron chi connectivity index (χ3n) is 4.53. The van der Waals surface area contributed by atoms with E-state index in [1.165, 1.54) is 11.1 Å². The molecule has 1 saturated heterocycles. The highest BCUT2D eigenvalue weighted by molar-refractivity contribution is 5.28. The quantitative estimate of drug-likeness (QED) is 0.500. The lowest BCUT2D eigenvalue weighted by molar-refractivity contribution is 0.300. The maximum atomic E-state index is 5.80. The largest absolute Gasteiger partial charge is 0.490 e. The molecule has 1 aromatic carbocycles. The minimum atomic E-state index is 0.150. The van der Waals surface area contributed by atoms with Gasteiger partial charge in [0.15, 0.2) is 0 Å². The summed E-state index contributed by atoms with van der Waals surface area (Å²) in [7, 11) is 0. The van der Waals surface area contributed by atoms with Gasteiger partial charge in [-0.3, -0.25) is 0 Å². The van der Waals surface area contributed by atoms with E-state index in [1.807, 2.05) is 6.07 Å². The fourth-order valence-electron chi connectivity index (χ4n) is 2.56. The topological polar surface area (TPSA) is 21.8 Å². The molecule has 0 N–H and O–H groups in total. The van der Waals surface area contributed by atoms with Gasteiger partial charge in [0.1, 0.15) is 12.4 Å². The number of hydrogen-bond acceptors (Lipinski definition) is 2. The second-order valence-electron chi connectivity index (χ2n) is 6.17. The number of aryl methyl sites for hydroxylation is 1. The molecule has 116 valence electrons. The van der Waals surface area contributed by atoms with Crippen LogP contribution in [0.2, 0.25) is 0 Å². The average Bonchev–Trinajstić information content (AvgIpc) is 3.17. The van der Waals surface area contributed by atoms with Gasteiger partial charge < -0.3 is 9.47 Å². The minimum absolute atomic E-state index is 0.150. The van der Waals surface area contributed by atoms with E-state index in [-0.39, 0.29) is 5.60 Å². The Morgan fingerprint density at radius 1 is 1.38 bits per heavy atom. The molecule has 2 unspecified atom stereocenters. The first-order valence-corrected chi connectivity index (χ1v) is 8.12. The highest BCUT2D eigenvalue weighted by Gasteiger charge is 2.49. The Bertz CT molecular complexity index is 492. The molecular weight excluding hydrogens is 260 g/mol. The maximum absolute atomic E-state index is 5.80. The van der Waals surface area contributed by atoms with Gasteiger partial charge in [-0.05, 0) is 63.3 Å². The van der Waals surface area contributed by atoms with Gasteiger partial charge in [-0.25, -0.2) is 0 Å². The Labute approximate surface area is 129 Å². The molecule has 1 aromatic rings. The molecule has 1 aliphatic heterocycles. The normalized spacial score (nSPS) is 25.0. The molecule has 1 fully saturated rings. The van der Waals surface area contributed by atoms with Crippen molar-refractivity contribution in [3.8, 4) is 5.75 Å². The Balaban J connectivity index is 1.71. The fraction of sp³-hybridized carbons (Fsp3) is 0.579. The molecule has 2 atom stereocenters. The summed E-state index contributed by atoms with van der Waals surface area (Å²) in [6.07, 6.45) is 7.01. The molecule has 2 nitrogen and oxygen atoms in total. The van der Waals surface area contributed by atoms with Gasteiger partial charge in [-0.1, -0.05) is 31.6 Å².